The molecule has 0 bridgehead atoms. The van der Waals surface area contributed by atoms with E-state index in [1.165, 1.54) is 0 Å². The van der Waals surface area contributed by atoms with Crippen LogP contribution in [0.5, 0.6) is 0 Å². The Labute approximate surface area is 117 Å². The lowest BCUT2D eigenvalue weighted by molar-refractivity contribution is 0.122. The summed E-state index contributed by atoms with van der Waals surface area (Å²) in [6.45, 7) is 5.78. The highest BCUT2D eigenvalue weighted by atomic mass is 16.5. The molecule has 1 aromatic rings. The zero-order valence-electron chi connectivity index (χ0n) is 11.4. The number of rotatable bonds is 2. The molecule has 110 valence electrons. The number of nitrogen functional groups attached to an aromatic ring is 2. The molecule has 0 spiro atoms. The first-order valence-electron chi connectivity index (χ1n) is 6.84. The first-order chi connectivity index (χ1) is 9.75. The number of aromatic nitrogens is 2. The minimum absolute atomic E-state index is 0.252. The Hall–Kier alpha value is -1.80. The lowest BCUT2D eigenvalue weighted by atomic mass is 10.3. The molecule has 2 aliphatic rings. The molecule has 0 unspecified atom stereocenters. The average Bonchev–Trinajstić information content (AvgIpc) is 2.51. The Bertz CT molecular complexity index is 432. The van der Waals surface area contributed by atoms with Crippen molar-refractivity contribution < 1.29 is 9.47 Å². The van der Waals surface area contributed by atoms with Crippen molar-refractivity contribution in [3.63, 3.8) is 0 Å². The molecule has 8 nitrogen and oxygen atoms in total. The normalized spacial score (nSPS) is 20.2. The number of nitrogens with zero attached hydrogens (tertiary/aromatic N) is 4. The molecule has 2 saturated heterocycles. The molecule has 2 aliphatic heterocycles. The quantitative estimate of drug-likeness (QED) is 0.734. The van der Waals surface area contributed by atoms with Crippen LogP contribution < -0.4 is 21.3 Å². The van der Waals surface area contributed by atoms with E-state index in [1.807, 2.05) is 0 Å². The summed E-state index contributed by atoms with van der Waals surface area (Å²) in [4.78, 5) is 12.8. The summed E-state index contributed by atoms with van der Waals surface area (Å²) in [6, 6.07) is 0. The Kier molecular flexibility index (Phi) is 3.75. The fraction of sp³-hybridized carbons (Fsp3) is 0.667. The smallest absolute Gasteiger partial charge is 0.224 e. The van der Waals surface area contributed by atoms with Crippen molar-refractivity contribution in [3.05, 3.63) is 0 Å². The van der Waals surface area contributed by atoms with Crippen LogP contribution in [0.25, 0.3) is 0 Å². The molecule has 20 heavy (non-hydrogen) atoms. The summed E-state index contributed by atoms with van der Waals surface area (Å²) in [6.07, 6.45) is 0. The molecular weight excluding hydrogens is 260 g/mol. The number of morpholine rings is 2. The third kappa shape index (κ3) is 2.56. The van der Waals surface area contributed by atoms with Crippen molar-refractivity contribution in [3.8, 4) is 0 Å². The van der Waals surface area contributed by atoms with E-state index in [0.717, 1.165) is 26.2 Å². The second-order valence-corrected chi connectivity index (χ2v) is 4.84. The van der Waals surface area contributed by atoms with Crippen LogP contribution in [-0.2, 0) is 9.47 Å². The number of hydrogen-bond acceptors (Lipinski definition) is 8. The van der Waals surface area contributed by atoms with E-state index >= 15 is 0 Å². The Morgan fingerprint density at radius 3 is 1.55 bits per heavy atom. The molecule has 0 saturated carbocycles. The van der Waals surface area contributed by atoms with Crippen LogP contribution in [0.4, 0.5) is 23.3 Å². The van der Waals surface area contributed by atoms with Crippen molar-refractivity contribution in [2.24, 2.45) is 0 Å². The molecule has 4 N–H and O–H groups in total. The van der Waals surface area contributed by atoms with E-state index in [-0.39, 0.29) is 5.95 Å². The highest BCUT2D eigenvalue weighted by molar-refractivity contribution is 5.77. The fourth-order valence-electron chi connectivity index (χ4n) is 2.49. The molecule has 2 fully saturated rings. The topological polar surface area (TPSA) is 103 Å². The van der Waals surface area contributed by atoms with Gasteiger partial charge in [-0.15, -0.1) is 0 Å². The Morgan fingerprint density at radius 1 is 0.750 bits per heavy atom. The van der Waals surface area contributed by atoms with Gasteiger partial charge in [0.05, 0.1) is 26.4 Å². The van der Waals surface area contributed by atoms with E-state index in [1.54, 1.807) is 0 Å². The summed E-state index contributed by atoms with van der Waals surface area (Å²) < 4.78 is 10.7. The first kappa shape index (κ1) is 13.2. The second kappa shape index (κ2) is 5.68. The number of hydrogen-bond donors (Lipinski definition) is 2. The molecule has 0 atom stereocenters. The summed E-state index contributed by atoms with van der Waals surface area (Å²) in [5.41, 5.74) is 12.7. The molecule has 8 heteroatoms. The maximum absolute atomic E-state index is 6.27. The van der Waals surface area contributed by atoms with Gasteiger partial charge in [-0.25, -0.2) is 0 Å². The average molecular weight is 280 g/mol. The highest BCUT2D eigenvalue weighted by Crippen LogP contribution is 2.31. The summed E-state index contributed by atoms with van der Waals surface area (Å²) >= 11 is 0. The molecular formula is C12H20N6O2. The van der Waals surface area contributed by atoms with Gasteiger partial charge in [0.15, 0.2) is 11.6 Å². The van der Waals surface area contributed by atoms with Crippen LogP contribution in [0.15, 0.2) is 0 Å². The Morgan fingerprint density at radius 2 is 1.15 bits per heavy atom. The molecule has 0 aliphatic carbocycles. The minimum atomic E-state index is 0.252. The second-order valence-electron chi connectivity index (χ2n) is 4.84. The van der Waals surface area contributed by atoms with Gasteiger partial charge >= 0.3 is 0 Å². The van der Waals surface area contributed by atoms with Gasteiger partial charge in [-0.05, 0) is 0 Å². The van der Waals surface area contributed by atoms with Crippen LogP contribution in [0.2, 0.25) is 0 Å². The number of nitrogens with two attached hydrogens (primary N) is 2. The molecule has 1 aromatic heterocycles. The standard InChI is InChI=1S/C12H20N6O2/c13-9-10(17-1-5-19-6-2-17)15-12(14)16-11(9)18-3-7-20-8-4-18/h1-8,13H2,(H2,14,15,16). The maximum atomic E-state index is 6.27. The van der Waals surface area contributed by atoms with Crippen LogP contribution in [0.3, 0.4) is 0 Å². The van der Waals surface area contributed by atoms with E-state index in [9.17, 15) is 0 Å². The van der Waals surface area contributed by atoms with E-state index in [4.69, 9.17) is 20.9 Å². The van der Waals surface area contributed by atoms with Crippen LogP contribution in [0, 0.1) is 0 Å². The third-order valence-corrected chi connectivity index (χ3v) is 3.54. The zero-order chi connectivity index (χ0) is 13.9. The maximum Gasteiger partial charge on any atom is 0.224 e. The predicted octanol–water partition coefficient (Wildman–Crippen LogP) is -0.686. The van der Waals surface area contributed by atoms with Crippen molar-refractivity contribution in [2.75, 3.05) is 73.9 Å². The van der Waals surface area contributed by atoms with E-state index in [2.05, 4.69) is 19.8 Å². The summed E-state index contributed by atoms with van der Waals surface area (Å²) in [5.74, 6) is 1.67. The van der Waals surface area contributed by atoms with Gasteiger partial charge in [0.2, 0.25) is 5.95 Å². The number of anilines is 4. The van der Waals surface area contributed by atoms with E-state index in [0.29, 0.717) is 43.8 Å². The zero-order valence-corrected chi connectivity index (χ0v) is 11.4. The van der Waals surface area contributed by atoms with Crippen molar-refractivity contribution >= 4 is 23.3 Å². The van der Waals surface area contributed by atoms with Gasteiger partial charge in [0.1, 0.15) is 5.69 Å². The predicted molar refractivity (Wildman–Crippen MR) is 76.9 cm³/mol. The molecule has 0 aromatic carbocycles. The van der Waals surface area contributed by atoms with Gasteiger partial charge in [0, 0.05) is 26.2 Å². The SMILES string of the molecule is Nc1nc(N2CCOCC2)c(N)c(N2CCOCC2)n1. The van der Waals surface area contributed by atoms with Gasteiger partial charge in [0.25, 0.3) is 0 Å². The lowest BCUT2D eigenvalue weighted by Crippen LogP contribution is -2.40. The monoisotopic (exact) mass is 280 g/mol. The molecule has 0 radical (unpaired) electrons. The van der Waals surface area contributed by atoms with Crippen LogP contribution in [0.1, 0.15) is 0 Å². The third-order valence-electron chi connectivity index (χ3n) is 3.54. The van der Waals surface area contributed by atoms with Crippen molar-refractivity contribution in [1.82, 2.24) is 9.97 Å². The molecule has 3 rings (SSSR count). The van der Waals surface area contributed by atoms with Gasteiger partial charge in [-0.1, -0.05) is 0 Å². The Balaban J connectivity index is 1.91. The summed E-state index contributed by atoms with van der Waals surface area (Å²) in [5, 5.41) is 0. The minimum Gasteiger partial charge on any atom is -0.393 e. The molecule has 0 amide bonds. The lowest BCUT2D eigenvalue weighted by Gasteiger charge is -2.32. The van der Waals surface area contributed by atoms with Crippen molar-refractivity contribution in [2.45, 2.75) is 0 Å². The molecule has 3 heterocycles. The van der Waals surface area contributed by atoms with Crippen LogP contribution in [-0.4, -0.2) is 62.6 Å². The first-order valence-corrected chi connectivity index (χ1v) is 6.84. The highest BCUT2D eigenvalue weighted by Gasteiger charge is 2.23. The van der Waals surface area contributed by atoms with Gasteiger partial charge in [-0.3, -0.25) is 0 Å². The largest absolute Gasteiger partial charge is 0.393 e. The fourth-order valence-corrected chi connectivity index (χ4v) is 2.49. The number of ether oxygens (including phenoxy) is 2. The van der Waals surface area contributed by atoms with Gasteiger partial charge < -0.3 is 30.7 Å². The van der Waals surface area contributed by atoms with Gasteiger partial charge in [-0.2, -0.15) is 9.97 Å². The van der Waals surface area contributed by atoms with E-state index < -0.39 is 0 Å². The van der Waals surface area contributed by atoms with Crippen LogP contribution >= 0.6 is 0 Å². The van der Waals surface area contributed by atoms with Crippen molar-refractivity contribution in [1.29, 1.82) is 0 Å². The summed E-state index contributed by atoms with van der Waals surface area (Å²) in [7, 11) is 0.